The maximum atomic E-state index is 12.4. The number of aliphatic hydroxyl groups excluding tert-OH is 2. The molecule has 4 rings (SSSR count). The molecule has 0 aromatic carbocycles. The van der Waals surface area contributed by atoms with Crippen molar-refractivity contribution in [2.24, 2.45) is 22.7 Å². The van der Waals surface area contributed by atoms with E-state index in [0.717, 1.165) is 5.57 Å². The summed E-state index contributed by atoms with van der Waals surface area (Å²) in [5, 5.41) is 31.9. The van der Waals surface area contributed by atoms with Crippen LogP contribution in [0.2, 0.25) is 0 Å². The Bertz CT molecular complexity index is 775. The Kier molecular flexibility index (Phi) is 4.12. The van der Waals surface area contributed by atoms with Gasteiger partial charge in [0.05, 0.1) is 11.0 Å². The zero-order valence-corrected chi connectivity index (χ0v) is 16.5. The summed E-state index contributed by atoms with van der Waals surface area (Å²) in [6, 6.07) is 0. The molecular weight excluding hydrogens is 368 g/mol. The van der Waals surface area contributed by atoms with Gasteiger partial charge in [0.25, 0.3) is 0 Å². The molecule has 0 radical (unpaired) electrons. The van der Waals surface area contributed by atoms with Crippen LogP contribution in [0.25, 0.3) is 0 Å². The maximum Gasteiger partial charge on any atom is 0.190 e. The molecule has 0 amide bonds. The molecule has 5 nitrogen and oxygen atoms in total. The molecule has 3 saturated carbocycles. The van der Waals surface area contributed by atoms with Crippen LogP contribution in [0.5, 0.6) is 0 Å². The van der Waals surface area contributed by atoms with Crippen molar-refractivity contribution in [1.29, 1.82) is 0 Å². The van der Waals surface area contributed by atoms with Crippen molar-refractivity contribution in [3.63, 3.8) is 0 Å². The third-order valence-corrected chi connectivity index (χ3v) is 9.32. The quantitative estimate of drug-likeness (QED) is 0.622. The normalized spacial score (nSPS) is 51.3. The van der Waals surface area contributed by atoms with E-state index in [1.165, 1.54) is 6.08 Å². The number of allylic oxidation sites excluding steroid dienone is 4. The standard InChI is InChI=1S/C21H27ClO5/c1-18-7-5-13(24)9-12(18)3-4-15-14-6-8-20(27,17(26)11-23)19(14,2)10-16(25)21(15,18)22/h5,7,9,14-16,23,25,27H,3-4,6,8,10-11H2,1-2H3/t14-,15-,16?,18-,19-,20-,21?/m0/s1. The molecule has 0 aromatic heterocycles. The number of aliphatic hydroxyl groups is 3. The highest BCUT2D eigenvalue weighted by molar-refractivity contribution is 6.26. The van der Waals surface area contributed by atoms with Crippen molar-refractivity contribution in [1.82, 2.24) is 0 Å². The number of carbonyl (C=O) groups excluding carboxylic acids is 2. The number of carbonyl (C=O) groups is 2. The summed E-state index contributed by atoms with van der Waals surface area (Å²) in [4.78, 5) is 23.3. The average molecular weight is 395 g/mol. The lowest BCUT2D eigenvalue weighted by molar-refractivity contribution is -0.174. The van der Waals surface area contributed by atoms with Crippen LogP contribution in [0.15, 0.2) is 23.8 Å². The van der Waals surface area contributed by atoms with Crippen molar-refractivity contribution in [2.45, 2.75) is 62.5 Å². The Morgan fingerprint density at radius 1 is 1.30 bits per heavy atom. The molecule has 0 aromatic rings. The first kappa shape index (κ1) is 19.3. The van der Waals surface area contributed by atoms with Crippen molar-refractivity contribution in [2.75, 3.05) is 6.61 Å². The summed E-state index contributed by atoms with van der Waals surface area (Å²) in [5.74, 6) is -0.774. The van der Waals surface area contributed by atoms with Crippen LogP contribution in [-0.4, -0.2) is 50.1 Å². The van der Waals surface area contributed by atoms with Gasteiger partial charge in [-0.05, 0) is 56.1 Å². The van der Waals surface area contributed by atoms with Gasteiger partial charge >= 0.3 is 0 Å². The van der Waals surface area contributed by atoms with Crippen molar-refractivity contribution in [3.8, 4) is 0 Å². The van der Waals surface area contributed by atoms with E-state index < -0.39 is 39.8 Å². The molecule has 148 valence electrons. The Hall–Kier alpha value is -1.01. The molecule has 0 bridgehead atoms. The van der Waals surface area contributed by atoms with Crippen molar-refractivity contribution >= 4 is 23.2 Å². The van der Waals surface area contributed by atoms with Crippen LogP contribution in [0.1, 0.15) is 46.0 Å². The van der Waals surface area contributed by atoms with Gasteiger partial charge < -0.3 is 15.3 Å². The Morgan fingerprint density at radius 2 is 2.00 bits per heavy atom. The molecule has 4 aliphatic rings. The summed E-state index contributed by atoms with van der Waals surface area (Å²) in [6.07, 6.45) is 6.54. The highest BCUT2D eigenvalue weighted by atomic mass is 35.5. The molecule has 6 heteroatoms. The van der Waals surface area contributed by atoms with Gasteiger partial charge in [-0.3, -0.25) is 9.59 Å². The van der Waals surface area contributed by atoms with E-state index in [-0.39, 0.29) is 30.5 Å². The maximum absolute atomic E-state index is 12.4. The monoisotopic (exact) mass is 394 g/mol. The smallest absolute Gasteiger partial charge is 0.190 e. The molecular formula is C21H27ClO5. The number of hydrogen-bond acceptors (Lipinski definition) is 5. The summed E-state index contributed by atoms with van der Waals surface area (Å²) < 4.78 is 0. The molecule has 4 aliphatic carbocycles. The van der Waals surface area contributed by atoms with Crippen LogP contribution < -0.4 is 0 Å². The van der Waals surface area contributed by atoms with Gasteiger partial charge in [0.1, 0.15) is 12.2 Å². The molecule has 0 heterocycles. The van der Waals surface area contributed by atoms with E-state index in [9.17, 15) is 24.9 Å². The van der Waals surface area contributed by atoms with Crippen LogP contribution in [-0.2, 0) is 9.59 Å². The van der Waals surface area contributed by atoms with Gasteiger partial charge in [-0.2, -0.15) is 0 Å². The lowest BCUT2D eigenvalue weighted by Gasteiger charge is -2.63. The number of hydrogen-bond donors (Lipinski definition) is 3. The Balaban J connectivity index is 1.81. The summed E-state index contributed by atoms with van der Waals surface area (Å²) >= 11 is 7.26. The first-order valence-corrected chi connectivity index (χ1v) is 10.1. The number of ketones is 2. The second kappa shape index (κ2) is 5.76. The van der Waals surface area contributed by atoms with E-state index in [2.05, 4.69) is 0 Å². The molecule has 3 fully saturated rings. The van der Waals surface area contributed by atoms with Gasteiger partial charge in [-0.15, -0.1) is 11.6 Å². The molecule has 2 unspecified atom stereocenters. The van der Waals surface area contributed by atoms with E-state index >= 15 is 0 Å². The van der Waals surface area contributed by atoms with E-state index in [1.54, 1.807) is 6.08 Å². The SMILES string of the molecule is C[C@]12C=CC(=O)C=C1CC[C@H]1[C@@H]3CC[C@](O)(C(=O)CO)[C@@]3(C)CC(O)C12Cl. The minimum Gasteiger partial charge on any atom is -0.391 e. The van der Waals surface area contributed by atoms with E-state index in [4.69, 9.17) is 11.6 Å². The highest BCUT2D eigenvalue weighted by Gasteiger charge is 2.72. The van der Waals surface area contributed by atoms with Gasteiger partial charge in [-0.25, -0.2) is 0 Å². The van der Waals surface area contributed by atoms with Crippen LogP contribution in [0.3, 0.4) is 0 Å². The van der Waals surface area contributed by atoms with E-state index in [0.29, 0.717) is 19.3 Å². The summed E-state index contributed by atoms with van der Waals surface area (Å²) in [5.41, 5.74) is -2.17. The highest BCUT2D eigenvalue weighted by Crippen LogP contribution is 2.70. The number of Topliss-reactive ketones (excluding diaryl/α,β-unsaturated/α-hetero) is 1. The number of fused-ring (bicyclic) bond motifs is 5. The van der Waals surface area contributed by atoms with Gasteiger partial charge in [-0.1, -0.05) is 25.5 Å². The predicted octanol–water partition coefficient (Wildman–Crippen LogP) is 1.92. The summed E-state index contributed by atoms with van der Waals surface area (Å²) in [6.45, 7) is 3.12. The molecule has 27 heavy (non-hydrogen) atoms. The lowest BCUT2D eigenvalue weighted by atomic mass is 9.45. The predicted molar refractivity (Wildman–Crippen MR) is 100 cm³/mol. The third-order valence-electron chi connectivity index (χ3n) is 8.40. The Morgan fingerprint density at radius 3 is 2.67 bits per heavy atom. The minimum absolute atomic E-state index is 0.0386. The topological polar surface area (TPSA) is 94.8 Å². The lowest BCUT2D eigenvalue weighted by Crippen LogP contribution is -2.68. The minimum atomic E-state index is -1.64. The fraction of sp³-hybridized carbons (Fsp3) is 0.714. The van der Waals surface area contributed by atoms with Gasteiger partial charge in [0.2, 0.25) is 0 Å². The summed E-state index contributed by atoms with van der Waals surface area (Å²) in [7, 11) is 0. The van der Waals surface area contributed by atoms with Gasteiger partial charge in [0, 0.05) is 10.8 Å². The Labute approximate surface area is 164 Å². The van der Waals surface area contributed by atoms with Crippen molar-refractivity contribution in [3.05, 3.63) is 23.8 Å². The molecule has 0 spiro atoms. The molecule has 3 N–H and O–H groups in total. The molecule has 7 atom stereocenters. The van der Waals surface area contributed by atoms with Crippen LogP contribution in [0.4, 0.5) is 0 Å². The van der Waals surface area contributed by atoms with Crippen molar-refractivity contribution < 1.29 is 24.9 Å². The first-order valence-electron chi connectivity index (χ1n) is 9.72. The van der Waals surface area contributed by atoms with Crippen LogP contribution >= 0.6 is 11.6 Å². The largest absolute Gasteiger partial charge is 0.391 e. The second-order valence-electron chi connectivity index (χ2n) is 9.24. The fourth-order valence-electron chi connectivity index (χ4n) is 6.80. The van der Waals surface area contributed by atoms with Gasteiger partial charge in [0.15, 0.2) is 11.6 Å². The zero-order chi connectivity index (χ0) is 19.8. The number of halogens is 1. The zero-order valence-electron chi connectivity index (χ0n) is 15.7. The average Bonchev–Trinajstić information content (AvgIpc) is 2.88. The molecule has 0 aliphatic heterocycles. The second-order valence-corrected chi connectivity index (χ2v) is 9.87. The first-order chi connectivity index (χ1) is 12.5. The van der Waals surface area contributed by atoms with Crippen LogP contribution in [0, 0.1) is 22.7 Å². The van der Waals surface area contributed by atoms with E-state index in [1.807, 2.05) is 19.9 Å². The molecule has 0 saturated heterocycles. The number of alkyl halides is 1. The fourth-order valence-corrected chi connectivity index (χ4v) is 7.33. The third kappa shape index (κ3) is 2.12. The number of rotatable bonds is 2.